The van der Waals surface area contributed by atoms with Crippen molar-refractivity contribution in [3.63, 3.8) is 0 Å². The molecule has 0 bridgehead atoms. The van der Waals surface area contributed by atoms with Gasteiger partial charge in [0.15, 0.2) is 5.96 Å². The van der Waals surface area contributed by atoms with E-state index in [2.05, 4.69) is 29.5 Å². The molecule has 0 atom stereocenters. The van der Waals surface area contributed by atoms with Gasteiger partial charge < -0.3 is 21.1 Å². The first-order valence-corrected chi connectivity index (χ1v) is 12.3. The van der Waals surface area contributed by atoms with Crippen LogP contribution in [-0.2, 0) is 14.3 Å². The van der Waals surface area contributed by atoms with E-state index in [9.17, 15) is 22.8 Å². The van der Waals surface area contributed by atoms with Crippen molar-refractivity contribution in [2.75, 3.05) is 37.6 Å². The molecule has 10 nitrogen and oxygen atoms in total. The minimum atomic E-state index is -5.19. The second kappa shape index (κ2) is 11.8. The molecule has 0 unspecified atom stereocenters. The number of alkyl halides is 3. The van der Waals surface area contributed by atoms with Gasteiger partial charge in [-0.15, -0.1) is 0 Å². The highest BCUT2D eigenvalue weighted by atomic mass is 35.5. The summed E-state index contributed by atoms with van der Waals surface area (Å²) in [5.74, 6) is -3.71. The fourth-order valence-corrected chi connectivity index (χ4v) is 4.38. The van der Waals surface area contributed by atoms with Crippen LogP contribution < -0.4 is 16.4 Å². The molecule has 0 saturated carbocycles. The van der Waals surface area contributed by atoms with Crippen molar-refractivity contribution in [2.24, 2.45) is 16.5 Å². The van der Waals surface area contributed by atoms with Crippen LogP contribution >= 0.6 is 11.6 Å². The van der Waals surface area contributed by atoms with Crippen molar-refractivity contribution in [2.45, 2.75) is 19.0 Å². The van der Waals surface area contributed by atoms with Crippen molar-refractivity contribution in [3.8, 4) is 11.3 Å². The van der Waals surface area contributed by atoms with E-state index in [1.807, 2.05) is 24.3 Å². The number of aromatic nitrogens is 2. The van der Waals surface area contributed by atoms with Crippen LogP contribution in [0, 0.1) is 0 Å². The molecule has 1 aliphatic rings. The summed E-state index contributed by atoms with van der Waals surface area (Å²) in [6, 6.07) is 13.1. The molecule has 2 aromatic carbocycles. The zero-order valence-electron chi connectivity index (χ0n) is 20.6. The van der Waals surface area contributed by atoms with Gasteiger partial charge >= 0.3 is 18.1 Å². The average molecular weight is 564 g/mol. The Balaban J connectivity index is 1.41. The summed E-state index contributed by atoms with van der Waals surface area (Å²) in [6.45, 7) is 3.24. The maximum Gasteiger partial charge on any atom is 0.491 e. The lowest BCUT2D eigenvalue weighted by atomic mass is 10.1. The van der Waals surface area contributed by atoms with Crippen LogP contribution in [0.25, 0.3) is 22.2 Å². The molecule has 206 valence electrons. The Bertz CT molecular complexity index is 1410. The highest BCUT2D eigenvalue weighted by Crippen LogP contribution is 2.32. The first-order chi connectivity index (χ1) is 18.5. The maximum absolute atomic E-state index is 12.2. The zero-order chi connectivity index (χ0) is 28.2. The molecule has 0 spiro atoms. The molecule has 0 aliphatic carbocycles. The van der Waals surface area contributed by atoms with Crippen molar-refractivity contribution in [3.05, 3.63) is 47.5 Å². The van der Waals surface area contributed by atoms with Gasteiger partial charge in [-0.1, -0.05) is 23.7 Å². The lowest BCUT2D eigenvalue weighted by Gasteiger charge is -2.36. The zero-order valence-corrected chi connectivity index (χ0v) is 21.4. The molecule has 0 radical (unpaired) electrons. The number of anilines is 1. The fourth-order valence-electron chi connectivity index (χ4n) is 4.21. The third kappa shape index (κ3) is 7.33. The first kappa shape index (κ1) is 28.0. The third-order valence-corrected chi connectivity index (χ3v) is 6.26. The number of halogens is 4. The van der Waals surface area contributed by atoms with E-state index in [0.717, 1.165) is 16.6 Å². The van der Waals surface area contributed by atoms with Gasteiger partial charge in [-0.25, -0.2) is 14.8 Å². The summed E-state index contributed by atoms with van der Waals surface area (Å²) in [7, 11) is 0. The third-order valence-electron chi connectivity index (χ3n) is 6.03. The van der Waals surface area contributed by atoms with Crippen molar-refractivity contribution >= 4 is 52.0 Å². The second-order valence-electron chi connectivity index (χ2n) is 8.81. The summed E-state index contributed by atoms with van der Waals surface area (Å²) in [5.41, 5.74) is 14.1. The van der Waals surface area contributed by atoms with Crippen LogP contribution in [0.15, 0.2) is 47.5 Å². The number of guanidine groups is 1. The number of hydrogen-bond acceptors (Lipinski definition) is 8. The number of hydrogen-bond donors (Lipinski definition) is 2. The number of carbonyl (C=O) groups excluding carboxylic acids is 2. The van der Waals surface area contributed by atoms with Gasteiger partial charge in [0.2, 0.25) is 0 Å². The van der Waals surface area contributed by atoms with E-state index in [1.54, 1.807) is 18.2 Å². The molecule has 1 saturated heterocycles. The van der Waals surface area contributed by atoms with Crippen LogP contribution in [0.4, 0.5) is 24.8 Å². The largest absolute Gasteiger partial charge is 0.491 e. The number of benzene rings is 2. The van der Waals surface area contributed by atoms with E-state index in [0.29, 0.717) is 49.0 Å². The van der Waals surface area contributed by atoms with E-state index in [-0.39, 0.29) is 24.7 Å². The summed E-state index contributed by atoms with van der Waals surface area (Å²) in [5, 5.41) is 1.28. The van der Waals surface area contributed by atoms with E-state index < -0.39 is 18.1 Å². The Labute approximate surface area is 226 Å². The number of rotatable bonds is 7. The molecule has 1 fully saturated rings. The standard InChI is InChI=1S/C25H25ClF3N7O3/c26-16-6-7-19-18(14-16)21(33-24(32-19)34-23(30)31)15-3-1-4-17(13-15)36-11-9-35(10-12-36)8-2-5-20(37)39-22(38)25(27,28)29/h1,3-4,6-7,13-14H,2,5,8-12H2,(H4,30,31,32,33,34). The number of aliphatic imine (C=N–C) groups is 1. The highest BCUT2D eigenvalue weighted by molar-refractivity contribution is 6.31. The molecular formula is C25H25ClF3N7O3. The van der Waals surface area contributed by atoms with Gasteiger partial charge in [-0.2, -0.15) is 18.2 Å². The number of nitrogens with two attached hydrogens (primary N) is 2. The lowest BCUT2D eigenvalue weighted by Crippen LogP contribution is -2.46. The average Bonchev–Trinajstić information content (AvgIpc) is 2.88. The van der Waals surface area contributed by atoms with Crippen molar-refractivity contribution < 1.29 is 27.5 Å². The Hall–Kier alpha value is -3.97. The summed E-state index contributed by atoms with van der Waals surface area (Å²) in [6.07, 6.45) is -5.19. The Morgan fingerprint density at radius 1 is 1.05 bits per heavy atom. The molecule has 3 aromatic rings. The Kier molecular flexibility index (Phi) is 8.51. The summed E-state index contributed by atoms with van der Waals surface area (Å²) in [4.78, 5) is 39.5. The minimum absolute atomic E-state index is 0.130. The predicted molar refractivity (Wildman–Crippen MR) is 140 cm³/mol. The van der Waals surface area contributed by atoms with Gasteiger partial charge in [-0.05, 0) is 43.3 Å². The van der Waals surface area contributed by atoms with E-state index in [4.69, 9.17) is 23.1 Å². The van der Waals surface area contributed by atoms with Crippen LogP contribution in [0.2, 0.25) is 5.02 Å². The van der Waals surface area contributed by atoms with Gasteiger partial charge in [0.1, 0.15) is 0 Å². The van der Waals surface area contributed by atoms with E-state index in [1.165, 1.54) is 0 Å². The molecule has 4 N–H and O–H groups in total. The van der Waals surface area contributed by atoms with Crippen LogP contribution in [0.5, 0.6) is 0 Å². The number of ether oxygens (including phenoxy) is 1. The quantitative estimate of drug-likeness (QED) is 0.191. The number of fused-ring (bicyclic) bond motifs is 1. The van der Waals surface area contributed by atoms with Crippen LogP contribution in [0.3, 0.4) is 0 Å². The summed E-state index contributed by atoms with van der Waals surface area (Å²) < 4.78 is 40.4. The molecule has 4 rings (SSSR count). The molecule has 39 heavy (non-hydrogen) atoms. The Morgan fingerprint density at radius 2 is 1.79 bits per heavy atom. The highest BCUT2D eigenvalue weighted by Gasteiger charge is 2.42. The smallest absolute Gasteiger partial charge is 0.386 e. The second-order valence-corrected chi connectivity index (χ2v) is 9.25. The number of piperazine rings is 1. The van der Waals surface area contributed by atoms with Crippen molar-refractivity contribution in [1.82, 2.24) is 14.9 Å². The molecule has 1 aromatic heterocycles. The molecule has 2 heterocycles. The SMILES string of the molecule is NC(N)=Nc1nc(-c2cccc(N3CCN(CCCC(=O)OC(=O)C(F)(F)F)CC3)c2)c2cc(Cl)ccc2n1. The Morgan fingerprint density at radius 3 is 2.49 bits per heavy atom. The normalized spacial score (nSPS) is 14.3. The van der Waals surface area contributed by atoms with Crippen molar-refractivity contribution in [1.29, 1.82) is 0 Å². The van der Waals surface area contributed by atoms with Crippen LogP contribution in [-0.4, -0.2) is 71.7 Å². The molecule has 1 aliphatic heterocycles. The fraction of sp³-hybridized carbons (Fsp3) is 0.320. The van der Waals surface area contributed by atoms with Gasteiger partial charge in [0, 0.05) is 54.3 Å². The van der Waals surface area contributed by atoms with E-state index >= 15 is 0 Å². The monoisotopic (exact) mass is 563 g/mol. The topological polar surface area (TPSA) is 140 Å². The minimum Gasteiger partial charge on any atom is -0.386 e. The molecular weight excluding hydrogens is 539 g/mol. The number of esters is 2. The molecule has 0 amide bonds. The maximum atomic E-state index is 12.2. The van der Waals surface area contributed by atoms with Gasteiger partial charge in [0.05, 0.1) is 11.2 Å². The molecule has 14 heteroatoms. The van der Waals surface area contributed by atoms with Gasteiger partial charge in [0.25, 0.3) is 5.95 Å². The first-order valence-electron chi connectivity index (χ1n) is 12.0. The van der Waals surface area contributed by atoms with Crippen LogP contribution in [0.1, 0.15) is 12.8 Å². The number of nitrogens with zero attached hydrogens (tertiary/aromatic N) is 5. The predicted octanol–water partition coefficient (Wildman–Crippen LogP) is 3.39. The van der Waals surface area contributed by atoms with Gasteiger partial charge in [-0.3, -0.25) is 9.69 Å². The summed E-state index contributed by atoms with van der Waals surface area (Å²) >= 11 is 6.24. The lowest BCUT2D eigenvalue weighted by molar-refractivity contribution is -0.201. The number of carbonyl (C=O) groups is 2.